The Labute approximate surface area is 165 Å². The van der Waals surface area contributed by atoms with Crippen LogP contribution in [0.2, 0.25) is 0 Å². The lowest BCUT2D eigenvalue weighted by Crippen LogP contribution is -2.19. The van der Waals surface area contributed by atoms with Crippen molar-refractivity contribution >= 4 is 47.7 Å². The van der Waals surface area contributed by atoms with Gasteiger partial charge in [-0.05, 0) is 43.3 Å². The number of ether oxygens (including phenoxy) is 1. The molecule has 4 rings (SSSR count). The zero-order valence-electron chi connectivity index (χ0n) is 15.5. The Balaban J connectivity index is 1.71. The summed E-state index contributed by atoms with van der Waals surface area (Å²) >= 11 is 1.23. The summed E-state index contributed by atoms with van der Waals surface area (Å²) < 4.78 is 37.4. The molecule has 146 valence electrons. The number of hydrogen-bond donors (Lipinski definition) is 1. The van der Waals surface area contributed by atoms with Gasteiger partial charge in [0, 0.05) is 14.1 Å². The molecule has 0 spiro atoms. The second-order valence-electron chi connectivity index (χ2n) is 6.24. The molecule has 4 aromatic rings. The molecule has 2 aromatic heterocycles. The second-order valence-corrected chi connectivity index (χ2v) is 8.95. The smallest absolute Gasteiger partial charge is 0.328 e. The summed E-state index contributed by atoms with van der Waals surface area (Å²) in [5, 5.41) is 0.269. The number of hydrogen-bond acceptors (Lipinski definition) is 6. The first-order chi connectivity index (χ1) is 13.3. The number of nitrogens with one attached hydrogen (secondary N) is 1. The summed E-state index contributed by atoms with van der Waals surface area (Å²) in [5.41, 5.74) is 1.68. The van der Waals surface area contributed by atoms with Crippen LogP contribution in [0.1, 0.15) is 6.92 Å². The lowest BCUT2D eigenvalue weighted by atomic mass is 10.3. The predicted molar refractivity (Wildman–Crippen MR) is 110 cm³/mol. The Kier molecular flexibility index (Phi) is 4.39. The van der Waals surface area contributed by atoms with Crippen LogP contribution in [0.15, 0.2) is 46.1 Å². The molecule has 0 saturated heterocycles. The standard InChI is InChI=1S/C18H18N4O4S2/c1-4-26-11-5-7-13-16(9-11)27-17(19-13)20-28(24,25)12-6-8-14-15(10-12)22(3)18(23)21(14)2/h5-10H,4H2,1-3H3,(H,19,20). The molecule has 1 N–H and O–H groups in total. The molecular formula is C18H18N4O4S2. The topological polar surface area (TPSA) is 95.2 Å². The first-order valence-electron chi connectivity index (χ1n) is 8.52. The number of thiazole rings is 1. The van der Waals surface area contributed by atoms with Gasteiger partial charge in [0.2, 0.25) is 0 Å². The third kappa shape index (κ3) is 3.04. The molecule has 0 atom stereocenters. The zero-order chi connectivity index (χ0) is 20.1. The monoisotopic (exact) mass is 418 g/mol. The highest BCUT2D eigenvalue weighted by Crippen LogP contribution is 2.31. The molecule has 2 aromatic carbocycles. The van der Waals surface area contributed by atoms with Gasteiger partial charge in [-0.3, -0.25) is 13.9 Å². The van der Waals surface area contributed by atoms with Gasteiger partial charge in [0.1, 0.15) is 5.75 Å². The van der Waals surface area contributed by atoms with E-state index in [4.69, 9.17) is 4.74 Å². The molecule has 8 nitrogen and oxygen atoms in total. The Bertz CT molecular complexity index is 1370. The van der Waals surface area contributed by atoms with Gasteiger partial charge in [-0.25, -0.2) is 18.2 Å². The van der Waals surface area contributed by atoms with Crippen LogP contribution in [0.25, 0.3) is 21.3 Å². The average Bonchev–Trinajstić information content (AvgIpc) is 3.15. The lowest BCUT2D eigenvalue weighted by molar-refractivity contribution is 0.341. The van der Waals surface area contributed by atoms with E-state index in [1.165, 1.54) is 32.6 Å². The van der Waals surface area contributed by atoms with Gasteiger partial charge in [0.25, 0.3) is 10.0 Å². The van der Waals surface area contributed by atoms with Gasteiger partial charge in [-0.15, -0.1) is 0 Å². The van der Waals surface area contributed by atoms with Crippen molar-refractivity contribution in [2.75, 3.05) is 11.3 Å². The van der Waals surface area contributed by atoms with Gasteiger partial charge >= 0.3 is 5.69 Å². The number of aromatic nitrogens is 3. The van der Waals surface area contributed by atoms with Gasteiger partial charge < -0.3 is 4.74 Å². The summed E-state index contributed by atoms with van der Waals surface area (Å²) in [6, 6.07) is 10.0. The summed E-state index contributed by atoms with van der Waals surface area (Å²) in [6.07, 6.45) is 0. The van der Waals surface area contributed by atoms with Crippen molar-refractivity contribution in [2.24, 2.45) is 14.1 Å². The minimum Gasteiger partial charge on any atom is -0.494 e. The van der Waals surface area contributed by atoms with E-state index in [1.807, 2.05) is 13.0 Å². The van der Waals surface area contributed by atoms with E-state index in [-0.39, 0.29) is 15.7 Å². The van der Waals surface area contributed by atoms with Crippen LogP contribution in [-0.2, 0) is 24.1 Å². The number of imidazole rings is 1. The van der Waals surface area contributed by atoms with E-state index in [2.05, 4.69) is 9.71 Å². The van der Waals surface area contributed by atoms with Crippen LogP contribution in [-0.4, -0.2) is 29.1 Å². The van der Waals surface area contributed by atoms with Crippen LogP contribution in [0.4, 0.5) is 5.13 Å². The molecule has 0 aliphatic carbocycles. The Morgan fingerprint density at radius 1 is 1.11 bits per heavy atom. The Hall–Kier alpha value is -2.85. The fourth-order valence-electron chi connectivity index (χ4n) is 3.03. The van der Waals surface area contributed by atoms with E-state index >= 15 is 0 Å². The number of benzene rings is 2. The molecule has 0 fully saturated rings. The van der Waals surface area contributed by atoms with Crippen molar-refractivity contribution < 1.29 is 13.2 Å². The van der Waals surface area contributed by atoms with E-state index in [0.29, 0.717) is 28.9 Å². The number of nitrogens with zero attached hydrogens (tertiary/aromatic N) is 3. The maximum absolute atomic E-state index is 12.8. The highest BCUT2D eigenvalue weighted by atomic mass is 32.2. The minimum absolute atomic E-state index is 0.0652. The average molecular weight is 419 g/mol. The van der Waals surface area contributed by atoms with E-state index in [9.17, 15) is 13.2 Å². The number of rotatable bonds is 5. The lowest BCUT2D eigenvalue weighted by Gasteiger charge is -2.05. The van der Waals surface area contributed by atoms with Crippen molar-refractivity contribution in [2.45, 2.75) is 11.8 Å². The van der Waals surface area contributed by atoms with Crippen molar-refractivity contribution in [3.05, 3.63) is 46.9 Å². The summed E-state index contributed by atoms with van der Waals surface area (Å²) in [6.45, 7) is 2.45. The highest BCUT2D eigenvalue weighted by Gasteiger charge is 2.19. The summed E-state index contributed by atoms with van der Waals surface area (Å²) in [4.78, 5) is 16.5. The molecule has 10 heteroatoms. The van der Waals surface area contributed by atoms with Crippen molar-refractivity contribution in [3.8, 4) is 5.75 Å². The number of sulfonamides is 1. The molecule has 0 saturated carbocycles. The van der Waals surface area contributed by atoms with E-state index in [1.54, 1.807) is 32.3 Å². The Morgan fingerprint density at radius 3 is 2.61 bits per heavy atom. The number of fused-ring (bicyclic) bond motifs is 2. The molecule has 0 unspecified atom stereocenters. The normalized spacial score (nSPS) is 12.0. The highest BCUT2D eigenvalue weighted by molar-refractivity contribution is 7.93. The molecule has 0 aliphatic rings. The third-order valence-corrected chi connectivity index (χ3v) is 6.85. The van der Waals surface area contributed by atoms with E-state index in [0.717, 1.165) is 4.70 Å². The number of anilines is 1. The predicted octanol–water partition coefficient (Wildman–Crippen LogP) is 2.69. The van der Waals surface area contributed by atoms with Gasteiger partial charge in [0.05, 0.1) is 32.8 Å². The van der Waals surface area contributed by atoms with Gasteiger partial charge in [-0.1, -0.05) is 11.3 Å². The first-order valence-corrected chi connectivity index (χ1v) is 10.8. The molecule has 0 radical (unpaired) electrons. The third-order valence-electron chi connectivity index (χ3n) is 4.45. The van der Waals surface area contributed by atoms with Crippen LogP contribution < -0.4 is 15.1 Å². The van der Waals surface area contributed by atoms with Crippen molar-refractivity contribution in [1.29, 1.82) is 0 Å². The largest absolute Gasteiger partial charge is 0.494 e. The first kappa shape index (κ1) is 18.5. The van der Waals surface area contributed by atoms with Crippen LogP contribution in [0.3, 0.4) is 0 Å². The molecule has 0 aliphatic heterocycles. The second kappa shape index (κ2) is 6.64. The molecule has 28 heavy (non-hydrogen) atoms. The SMILES string of the molecule is CCOc1ccc2nc(NS(=O)(=O)c3ccc4c(c3)n(C)c(=O)n4C)sc2c1. The molecule has 0 bridgehead atoms. The van der Waals surface area contributed by atoms with Crippen molar-refractivity contribution in [1.82, 2.24) is 14.1 Å². The van der Waals surface area contributed by atoms with E-state index < -0.39 is 10.0 Å². The quantitative estimate of drug-likeness (QED) is 0.538. The molecular weight excluding hydrogens is 400 g/mol. The van der Waals surface area contributed by atoms with Crippen LogP contribution in [0.5, 0.6) is 5.75 Å². The summed E-state index contributed by atoms with van der Waals surface area (Å²) in [7, 11) is -0.594. The van der Waals surface area contributed by atoms with Crippen LogP contribution >= 0.6 is 11.3 Å². The molecule has 0 amide bonds. The van der Waals surface area contributed by atoms with Gasteiger partial charge in [0.15, 0.2) is 5.13 Å². The maximum Gasteiger partial charge on any atom is 0.328 e. The number of aryl methyl sites for hydroxylation is 2. The minimum atomic E-state index is -3.85. The van der Waals surface area contributed by atoms with Crippen LogP contribution in [0, 0.1) is 0 Å². The Morgan fingerprint density at radius 2 is 1.86 bits per heavy atom. The zero-order valence-corrected chi connectivity index (χ0v) is 17.1. The van der Waals surface area contributed by atoms with Crippen molar-refractivity contribution in [3.63, 3.8) is 0 Å². The fraction of sp³-hybridized carbons (Fsp3) is 0.222. The fourth-order valence-corrected chi connectivity index (χ4v) is 5.18. The maximum atomic E-state index is 12.8. The molecule has 2 heterocycles. The summed E-state index contributed by atoms with van der Waals surface area (Å²) in [5.74, 6) is 0.712. The van der Waals surface area contributed by atoms with Gasteiger partial charge in [-0.2, -0.15) is 0 Å².